The molecule has 1 aliphatic rings. The lowest BCUT2D eigenvalue weighted by atomic mass is 10.0. The lowest BCUT2D eigenvalue weighted by Crippen LogP contribution is -2.25. The van der Waals surface area contributed by atoms with Crippen molar-refractivity contribution < 1.29 is 17.9 Å². The number of hydrogen-bond donors (Lipinski definition) is 1. The Hall–Kier alpha value is -3.92. The van der Waals surface area contributed by atoms with E-state index in [-0.39, 0.29) is 12.2 Å². The van der Waals surface area contributed by atoms with Crippen molar-refractivity contribution >= 4 is 10.9 Å². The van der Waals surface area contributed by atoms with Crippen LogP contribution >= 0.6 is 0 Å². The van der Waals surface area contributed by atoms with Crippen LogP contribution in [0.3, 0.4) is 0 Å². The highest BCUT2D eigenvalue weighted by molar-refractivity contribution is 5.86. The van der Waals surface area contributed by atoms with Gasteiger partial charge in [0.05, 0.1) is 36.4 Å². The molecule has 1 atom stereocenters. The maximum atomic E-state index is 13.6. The SMILES string of the molecule is Cc1cn(-c2ccc3[nH]c(-c4nc5n(n4)CCOC5c4ccccc4C(F)(F)F)cc3c2)cn1. The van der Waals surface area contributed by atoms with Gasteiger partial charge in [0, 0.05) is 28.4 Å². The van der Waals surface area contributed by atoms with E-state index in [0.717, 1.165) is 28.4 Å². The summed E-state index contributed by atoms with van der Waals surface area (Å²) in [6, 6.07) is 13.3. The molecule has 0 radical (unpaired) electrons. The quantitative estimate of drug-likeness (QED) is 0.405. The molecule has 10 heteroatoms. The Kier molecular flexibility index (Phi) is 4.59. The van der Waals surface area contributed by atoms with E-state index in [1.54, 1.807) is 17.1 Å². The van der Waals surface area contributed by atoms with Crippen molar-refractivity contribution in [2.75, 3.05) is 6.61 Å². The third-order valence-corrected chi connectivity index (χ3v) is 5.93. The van der Waals surface area contributed by atoms with Gasteiger partial charge in [-0.05, 0) is 37.3 Å². The molecule has 7 nitrogen and oxygen atoms in total. The molecule has 0 spiro atoms. The number of rotatable bonds is 3. The van der Waals surface area contributed by atoms with Gasteiger partial charge in [-0.15, -0.1) is 5.10 Å². The highest BCUT2D eigenvalue weighted by Crippen LogP contribution is 2.39. The molecule has 4 heterocycles. The molecule has 0 saturated heterocycles. The molecule has 1 unspecified atom stereocenters. The summed E-state index contributed by atoms with van der Waals surface area (Å²) < 4.78 is 50.2. The Morgan fingerprint density at radius 1 is 1.12 bits per heavy atom. The number of halogens is 3. The normalized spacial score (nSPS) is 16.2. The molecule has 3 aromatic heterocycles. The summed E-state index contributed by atoms with van der Waals surface area (Å²) in [6.07, 6.45) is -1.74. The number of nitrogens with zero attached hydrogens (tertiary/aromatic N) is 5. The van der Waals surface area contributed by atoms with Gasteiger partial charge in [0.2, 0.25) is 0 Å². The maximum Gasteiger partial charge on any atom is 0.416 e. The van der Waals surface area contributed by atoms with Crippen LogP contribution in [-0.2, 0) is 17.5 Å². The molecular formula is C24H19F3N6O. The van der Waals surface area contributed by atoms with Crippen LogP contribution in [0.15, 0.2) is 61.1 Å². The van der Waals surface area contributed by atoms with Crippen LogP contribution in [0.5, 0.6) is 0 Å². The molecule has 0 amide bonds. The number of aromatic nitrogens is 6. The van der Waals surface area contributed by atoms with E-state index < -0.39 is 17.8 Å². The van der Waals surface area contributed by atoms with Gasteiger partial charge in [-0.3, -0.25) is 0 Å². The zero-order valence-corrected chi connectivity index (χ0v) is 18.0. The average molecular weight is 464 g/mol. The number of nitrogens with one attached hydrogen (secondary N) is 1. The Morgan fingerprint density at radius 3 is 2.76 bits per heavy atom. The minimum atomic E-state index is -4.49. The van der Waals surface area contributed by atoms with E-state index in [0.29, 0.717) is 23.9 Å². The second-order valence-electron chi connectivity index (χ2n) is 8.23. The first-order chi connectivity index (χ1) is 16.4. The smallest absolute Gasteiger partial charge is 0.364 e. The monoisotopic (exact) mass is 464 g/mol. The highest BCUT2D eigenvalue weighted by Gasteiger charge is 2.38. The highest BCUT2D eigenvalue weighted by atomic mass is 19.4. The van der Waals surface area contributed by atoms with Gasteiger partial charge in [0.1, 0.15) is 6.10 Å². The summed E-state index contributed by atoms with van der Waals surface area (Å²) in [5.74, 6) is 0.761. The fourth-order valence-corrected chi connectivity index (χ4v) is 4.33. The van der Waals surface area contributed by atoms with E-state index in [4.69, 9.17) is 4.74 Å². The Labute approximate surface area is 191 Å². The first-order valence-electron chi connectivity index (χ1n) is 10.7. The van der Waals surface area contributed by atoms with E-state index >= 15 is 0 Å². The van der Waals surface area contributed by atoms with Crippen molar-refractivity contribution in [2.24, 2.45) is 0 Å². The van der Waals surface area contributed by atoms with Crippen molar-refractivity contribution in [1.82, 2.24) is 29.3 Å². The number of hydrogen-bond acceptors (Lipinski definition) is 4. The summed E-state index contributed by atoms with van der Waals surface area (Å²) in [6.45, 7) is 2.59. The third kappa shape index (κ3) is 3.47. The molecule has 0 bridgehead atoms. The largest absolute Gasteiger partial charge is 0.416 e. The van der Waals surface area contributed by atoms with Crippen LogP contribution in [0.25, 0.3) is 28.1 Å². The zero-order valence-electron chi connectivity index (χ0n) is 18.0. The standard InChI is InChI=1S/C24H19F3N6O/c1-14-12-32(13-28-14)16-6-7-19-15(10-16)11-20(29-19)22-30-23-21(34-9-8-33(23)31-22)17-4-2-3-5-18(17)24(25,26)27/h2-7,10-13,21,29H,8-9H2,1H3. The Balaban J connectivity index is 1.39. The first kappa shape index (κ1) is 20.7. The fraction of sp³-hybridized carbons (Fsp3) is 0.208. The van der Waals surface area contributed by atoms with Crippen molar-refractivity contribution in [1.29, 1.82) is 0 Å². The van der Waals surface area contributed by atoms with Crippen LogP contribution in [0.4, 0.5) is 13.2 Å². The number of aromatic amines is 1. The number of aryl methyl sites for hydroxylation is 1. The molecule has 0 saturated carbocycles. The molecule has 172 valence electrons. The summed E-state index contributed by atoms with van der Waals surface area (Å²) in [4.78, 5) is 12.2. The lowest BCUT2D eigenvalue weighted by Gasteiger charge is -2.25. The Morgan fingerprint density at radius 2 is 1.97 bits per heavy atom. The minimum absolute atomic E-state index is 0.0341. The van der Waals surface area contributed by atoms with Crippen molar-refractivity contribution in [3.8, 4) is 17.2 Å². The van der Waals surface area contributed by atoms with Crippen molar-refractivity contribution in [3.05, 3.63) is 83.7 Å². The summed E-state index contributed by atoms with van der Waals surface area (Å²) >= 11 is 0. The predicted molar refractivity (Wildman–Crippen MR) is 118 cm³/mol. The topological polar surface area (TPSA) is 73.5 Å². The summed E-state index contributed by atoms with van der Waals surface area (Å²) in [5.41, 5.74) is 2.77. The molecule has 1 N–H and O–H groups in total. The van der Waals surface area contributed by atoms with E-state index in [9.17, 15) is 13.2 Å². The molecule has 34 heavy (non-hydrogen) atoms. The van der Waals surface area contributed by atoms with Gasteiger partial charge >= 0.3 is 6.18 Å². The Bertz CT molecular complexity index is 1510. The molecule has 5 aromatic rings. The second kappa shape index (κ2) is 7.56. The molecule has 0 fully saturated rings. The predicted octanol–water partition coefficient (Wildman–Crippen LogP) is 5.06. The lowest BCUT2D eigenvalue weighted by molar-refractivity contribution is -0.139. The fourth-order valence-electron chi connectivity index (χ4n) is 4.33. The van der Waals surface area contributed by atoms with Crippen LogP contribution in [-0.4, -0.2) is 35.9 Å². The number of fused-ring (bicyclic) bond motifs is 2. The van der Waals surface area contributed by atoms with Gasteiger partial charge in [0.25, 0.3) is 0 Å². The zero-order chi connectivity index (χ0) is 23.4. The van der Waals surface area contributed by atoms with Gasteiger partial charge in [0.15, 0.2) is 11.6 Å². The van der Waals surface area contributed by atoms with Gasteiger partial charge in [-0.25, -0.2) is 14.6 Å². The first-order valence-corrected chi connectivity index (χ1v) is 10.7. The number of alkyl halides is 3. The molecule has 1 aliphatic heterocycles. The summed E-state index contributed by atoms with van der Waals surface area (Å²) in [5, 5.41) is 5.53. The maximum absolute atomic E-state index is 13.6. The summed E-state index contributed by atoms with van der Waals surface area (Å²) in [7, 11) is 0. The van der Waals surface area contributed by atoms with Crippen LogP contribution < -0.4 is 0 Å². The second-order valence-corrected chi connectivity index (χ2v) is 8.23. The van der Waals surface area contributed by atoms with E-state index in [2.05, 4.69) is 20.1 Å². The van der Waals surface area contributed by atoms with E-state index in [1.165, 1.54) is 12.1 Å². The average Bonchev–Trinajstić information content (AvgIpc) is 3.55. The number of H-pyrrole nitrogens is 1. The molecule has 6 rings (SSSR count). The van der Waals surface area contributed by atoms with E-state index in [1.807, 2.05) is 42.0 Å². The van der Waals surface area contributed by atoms with Gasteiger partial charge in [-0.1, -0.05) is 18.2 Å². The van der Waals surface area contributed by atoms with Gasteiger partial charge < -0.3 is 14.3 Å². The number of imidazole rings is 1. The van der Waals surface area contributed by atoms with Crippen molar-refractivity contribution in [2.45, 2.75) is 25.7 Å². The van der Waals surface area contributed by atoms with Gasteiger partial charge in [-0.2, -0.15) is 13.2 Å². The molecular weight excluding hydrogens is 445 g/mol. The van der Waals surface area contributed by atoms with Crippen LogP contribution in [0.1, 0.15) is 28.7 Å². The number of benzene rings is 2. The molecule has 2 aromatic carbocycles. The number of ether oxygens (including phenoxy) is 1. The van der Waals surface area contributed by atoms with Crippen LogP contribution in [0, 0.1) is 6.92 Å². The third-order valence-electron chi connectivity index (χ3n) is 5.93. The minimum Gasteiger partial charge on any atom is -0.364 e. The molecule has 0 aliphatic carbocycles. The van der Waals surface area contributed by atoms with Crippen molar-refractivity contribution in [3.63, 3.8) is 0 Å². The van der Waals surface area contributed by atoms with Crippen LogP contribution in [0.2, 0.25) is 0 Å².